The molecule has 1 rings (SSSR count). The van der Waals surface area contributed by atoms with Gasteiger partial charge in [0.1, 0.15) is 0 Å². The zero-order valence-electron chi connectivity index (χ0n) is 9.47. The molecule has 1 aromatic heterocycles. The lowest BCUT2D eigenvalue weighted by molar-refractivity contribution is 0.181. The van der Waals surface area contributed by atoms with Gasteiger partial charge in [0.25, 0.3) is 0 Å². The number of rotatable bonds is 5. The maximum Gasteiger partial charge on any atom is 0.225 e. The number of nitrogens with two attached hydrogens (primary N) is 1. The molecule has 1 unspecified atom stereocenters. The van der Waals surface area contributed by atoms with E-state index in [0.717, 1.165) is 6.54 Å². The van der Waals surface area contributed by atoms with Crippen LogP contribution in [0.3, 0.4) is 0 Å². The van der Waals surface area contributed by atoms with Crippen LogP contribution in [0.1, 0.15) is 13.8 Å². The largest absolute Gasteiger partial charge is 0.396 e. The van der Waals surface area contributed by atoms with Crippen molar-refractivity contribution < 1.29 is 4.74 Å². The van der Waals surface area contributed by atoms with Crippen LogP contribution in [0.5, 0.6) is 0 Å². The highest BCUT2D eigenvalue weighted by molar-refractivity contribution is 5.38. The van der Waals surface area contributed by atoms with E-state index >= 15 is 0 Å². The topological polar surface area (TPSA) is 64.3 Å². The van der Waals surface area contributed by atoms with Gasteiger partial charge in [0.05, 0.1) is 30.7 Å². The fraction of sp³-hybridized carbons (Fsp3) is 0.600. The molecule has 1 aromatic rings. The Bertz CT molecular complexity index is 288. The number of aromatic nitrogens is 2. The molecule has 0 aliphatic heterocycles. The van der Waals surface area contributed by atoms with Gasteiger partial charge in [-0.1, -0.05) is 0 Å². The van der Waals surface area contributed by atoms with Gasteiger partial charge in [0.2, 0.25) is 5.95 Å². The average molecular weight is 210 g/mol. The first-order chi connectivity index (χ1) is 7.19. The SMILES string of the molecule is CCN(c1ncc(N)cn1)C(C)COC. The van der Waals surface area contributed by atoms with Crippen LogP contribution in [0.25, 0.3) is 0 Å². The van der Waals surface area contributed by atoms with Crippen molar-refractivity contribution in [3.8, 4) is 0 Å². The van der Waals surface area contributed by atoms with Crippen LogP contribution in [0, 0.1) is 0 Å². The van der Waals surface area contributed by atoms with E-state index in [9.17, 15) is 0 Å². The van der Waals surface area contributed by atoms with Crippen molar-refractivity contribution in [3.05, 3.63) is 12.4 Å². The first-order valence-corrected chi connectivity index (χ1v) is 5.02. The molecule has 2 N–H and O–H groups in total. The summed E-state index contributed by atoms with van der Waals surface area (Å²) in [7, 11) is 1.69. The average Bonchev–Trinajstić information content (AvgIpc) is 2.22. The Balaban J connectivity index is 2.77. The van der Waals surface area contributed by atoms with Crippen LogP contribution in [-0.2, 0) is 4.74 Å². The molecule has 1 heterocycles. The summed E-state index contributed by atoms with van der Waals surface area (Å²) in [6, 6.07) is 0.253. The predicted molar refractivity (Wildman–Crippen MR) is 60.8 cm³/mol. The van der Waals surface area contributed by atoms with Crippen LogP contribution in [0.15, 0.2) is 12.4 Å². The van der Waals surface area contributed by atoms with Gasteiger partial charge in [-0.25, -0.2) is 9.97 Å². The zero-order chi connectivity index (χ0) is 11.3. The van der Waals surface area contributed by atoms with E-state index in [4.69, 9.17) is 10.5 Å². The van der Waals surface area contributed by atoms with Gasteiger partial charge in [-0.15, -0.1) is 0 Å². The second-order valence-electron chi connectivity index (χ2n) is 3.41. The Morgan fingerprint density at radius 2 is 2.07 bits per heavy atom. The highest BCUT2D eigenvalue weighted by Crippen LogP contribution is 2.11. The van der Waals surface area contributed by atoms with E-state index in [-0.39, 0.29) is 6.04 Å². The summed E-state index contributed by atoms with van der Waals surface area (Å²) in [4.78, 5) is 10.4. The first-order valence-electron chi connectivity index (χ1n) is 5.02. The van der Waals surface area contributed by atoms with E-state index in [1.807, 2.05) is 0 Å². The van der Waals surface area contributed by atoms with Crippen LogP contribution in [0.2, 0.25) is 0 Å². The standard InChI is InChI=1S/C10H18N4O/c1-4-14(8(2)7-15-3)10-12-5-9(11)6-13-10/h5-6,8H,4,7,11H2,1-3H3. The third-order valence-corrected chi connectivity index (χ3v) is 2.20. The Morgan fingerprint density at radius 1 is 1.47 bits per heavy atom. The van der Waals surface area contributed by atoms with E-state index in [1.165, 1.54) is 0 Å². The minimum Gasteiger partial charge on any atom is -0.396 e. The molecule has 5 heteroatoms. The van der Waals surface area contributed by atoms with Crippen LogP contribution < -0.4 is 10.6 Å². The summed E-state index contributed by atoms with van der Waals surface area (Å²) in [5.74, 6) is 0.691. The molecule has 0 radical (unpaired) electrons. The molecule has 0 aliphatic rings. The number of methoxy groups -OCH3 is 1. The number of hydrogen-bond donors (Lipinski definition) is 1. The van der Waals surface area contributed by atoms with Crippen LogP contribution >= 0.6 is 0 Å². The molecular weight excluding hydrogens is 192 g/mol. The number of nitrogen functional groups attached to an aromatic ring is 1. The van der Waals surface area contributed by atoms with Gasteiger partial charge in [-0.3, -0.25) is 0 Å². The fourth-order valence-corrected chi connectivity index (χ4v) is 1.46. The van der Waals surface area contributed by atoms with Crippen molar-refractivity contribution in [3.63, 3.8) is 0 Å². The molecule has 15 heavy (non-hydrogen) atoms. The summed E-state index contributed by atoms with van der Waals surface area (Å²) in [6.45, 7) is 5.63. The van der Waals surface area contributed by atoms with Crippen LogP contribution in [-0.4, -0.2) is 36.3 Å². The molecule has 0 saturated carbocycles. The summed E-state index contributed by atoms with van der Waals surface area (Å²) in [6.07, 6.45) is 3.23. The molecule has 0 fully saturated rings. The van der Waals surface area contributed by atoms with E-state index < -0.39 is 0 Å². The third kappa shape index (κ3) is 3.06. The Labute approximate surface area is 90.3 Å². The van der Waals surface area contributed by atoms with Gasteiger partial charge in [0.15, 0.2) is 0 Å². The van der Waals surface area contributed by atoms with Gasteiger partial charge in [-0.2, -0.15) is 0 Å². The van der Waals surface area contributed by atoms with Crippen molar-refractivity contribution in [2.45, 2.75) is 19.9 Å². The number of ether oxygens (including phenoxy) is 1. The monoisotopic (exact) mass is 210 g/mol. The number of hydrogen-bond acceptors (Lipinski definition) is 5. The predicted octanol–water partition coefficient (Wildman–Crippen LogP) is 0.920. The molecule has 84 valence electrons. The van der Waals surface area contributed by atoms with E-state index in [1.54, 1.807) is 19.5 Å². The lowest BCUT2D eigenvalue weighted by atomic mass is 10.3. The zero-order valence-corrected chi connectivity index (χ0v) is 9.47. The third-order valence-electron chi connectivity index (χ3n) is 2.20. The maximum atomic E-state index is 5.53. The van der Waals surface area contributed by atoms with E-state index in [2.05, 4.69) is 28.7 Å². The lowest BCUT2D eigenvalue weighted by Crippen LogP contribution is -2.37. The molecule has 5 nitrogen and oxygen atoms in total. The minimum absolute atomic E-state index is 0.253. The Kier molecular flexibility index (Phi) is 4.30. The van der Waals surface area contributed by atoms with Crippen molar-refractivity contribution in [2.75, 3.05) is 30.9 Å². The normalized spacial score (nSPS) is 12.5. The summed E-state index contributed by atoms with van der Waals surface area (Å²) >= 11 is 0. The summed E-state index contributed by atoms with van der Waals surface area (Å²) < 4.78 is 5.11. The minimum atomic E-state index is 0.253. The van der Waals surface area contributed by atoms with E-state index in [0.29, 0.717) is 18.2 Å². The molecule has 1 atom stereocenters. The molecule has 0 aliphatic carbocycles. The summed E-state index contributed by atoms with van der Waals surface area (Å²) in [5, 5.41) is 0. The van der Waals surface area contributed by atoms with Crippen molar-refractivity contribution in [2.24, 2.45) is 0 Å². The molecular formula is C10H18N4O. The highest BCUT2D eigenvalue weighted by atomic mass is 16.5. The summed E-state index contributed by atoms with van der Waals surface area (Å²) in [5.41, 5.74) is 6.11. The quantitative estimate of drug-likeness (QED) is 0.783. The second-order valence-corrected chi connectivity index (χ2v) is 3.41. The molecule has 0 aromatic carbocycles. The lowest BCUT2D eigenvalue weighted by Gasteiger charge is -2.27. The van der Waals surface area contributed by atoms with Gasteiger partial charge in [-0.05, 0) is 13.8 Å². The number of likely N-dealkylation sites (N-methyl/N-ethyl adjacent to an activating group) is 1. The van der Waals surface area contributed by atoms with Crippen molar-refractivity contribution >= 4 is 11.6 Å². The Morgan fingerprint density at radius 3 is 2.53 bits per heavy atom. The van der Waals surface area contributed by atoms with Gasteiger partial charge < -0.3 is 15.4 Å². The number of anilines is 2. The van der Waals surface area contributed by atoms with Gasteiger partial charge >= 0.3 is 0 Å². The smallest absolute Gasteiger partial charge is 0.225 e. The fourth-order valence-electron chi connectivity index (χ4n) is 1.46. The molecule has 0 amide bonds. The maximum absolute atomic E-state index is 5.53. The Hall–Kier alpha value is -1.36. The molecule has 0 saturated heterocycles. The van der Waals surface area contributed by atoms with Crippen LogP contribution in [0.4, 0.5) is 11.6 Å². The molecule has 0 bridgehead atoms. The van der Waals surface area contributed by atoms with Gasteiger partial charge in [0, 0.05) is 13.7 Å². The van der Waals surface area contributed by atoms with Crippen molar-refractivity contribution in [1.82, 2.24) is 9.97 Å². The highest BCUT2D eigenvalue weighted by Gasteiger charge is 2.14. The second kappa shape index (κ2) is 5.50. The van der Waals surface area contributed by atoms with Crippen molar-refractivity contribution in [1.29, 1.82) is 0 Å². The molecule has 0 spiro atoms. The first kappa shape index (κ1) is 11.7. The number of nitrogens with zero attached hydrogens (tertiary/aromatic N) is 3.